The first-order valence-electron chi connectivity index (χ1n) is 8.40. The minimum atomic E-state index is -0.598. The summed E-state index contributed by atoms with van der Waals surface area (Å²) in [5.74, 6) is 0.312. The van der Waals surface area contributed by atoms with E-state index in [1.807, 2.05) is 18.2 Å². The van der Waals surface area contributed by atoms with Gasteiger partial charge in [-0.2, -0.15) is 0 Å². The summed E-state index contributed by atoms with van der Waals surface area (Å²) in [5, 5.41) is 5.43. The maximum Gasteiger partial charge on any atom is 0.408 e. The molecule has 0 aromatic heterocycles. The molecule has 0 heterocycles. The molecule has 0 atom stereocenters. The van der Waals surface area contributed by atoms with E-state index in [0.29, 0.717) is 0 Å². The molecule has 0 saturated carbocycles. The topological polar surface area (TPSA) is 67.4 Å². The van der Waals surface area contributed by atoms with Gasteiger partial charge < -0.3 is 15.4 Å². The molecule has 2 N–H and O–H groups in total. The maximum absolute atomic E-state index is 12.3. The van der Waals surface area contributed by atoms with Crippen LogP contribution in [0.25, 0.3) is 0 Å². The lowest BCUT2D eigenvalue weighted by Gasteiger charge is -2.21. The van der Waals surface area contributed by atoms with Crippen LogP contribution in [0.5, 0.6) is 0 Å². The predicted molar refractivity (Wildman–Crippen MR) is 97.5 cm³/mol. The van der Waals surface area contributed by atoms with Crippen LogP contribution in [-0.2, 0) is 9.53 Å². The van der Waals surface area contributed by atoms with Crippen molar-refractivity contribution in [2.45, 2.75) is 65.9 Å². The highest BCUT2D eigenvalue weighted by Gasteiger charge is 2.18. The van der Waals surface area contributed by atoms with Crippen LogP contribution >= 0.6 is 0 Å². The first kappa shape index (κ1) is 20.0. The third-order valence-electron chi connectivity index (χ3n) is 3.43. The van der Waals surface area contributed by atoms with E-state index in [9.17, 15) is 9.59 Å². The minimum absolute atomic E-state index is 0.126. The second kappa shape index (κ2) is 8.18. The van der Waals surface area contributed by atoms with Gasteiger partial charge in [0.25, 0.3) is 0 Å². The van der Waals surface area contributed by atoms with Gasteiger partial charge in [-0.05, 0) is 43.7 Å². The van der Waals surface area contributed by atoms with Crippen LogP contribution in [-0.4, -0.2) is 24.1 Å². The van der Waals surface area contributed by atoms with Crippen molar-refractivity contribution in [2.75, 3.05) is 11.9 Å². The molecule has 0 aliphatic carbocycles. The highest BCUT2D eigenvalue weighted by atomic mass is 16.6. The number of ether oxygens (including phenoxy) is 1. The van der Waals surface area contributed by atoms with Crippen molar-refractivity contribution in [2.24, 2.45) is 0 Å². The summed E-state index contributed by atoms with van der Waals surface area (Å²) in [6, 6.07) is 6.06. The van der Waals surface area contributed by atoms with Gasteiger partial charge in [0.05, 0.1) is 0 Å². The molecule has 134 valence electrons. The fourth-order valence-electron chi connectivity index (χ4n) is 2.35. The molecular formula is C19H30N2O3. The van der Waals surface area contributed by atoms with Crippen LogP contribution in [0.2, 0.25) is 0 Å². The lowest BCUT2D eigenvalue weighted by Crippen LogP contribution is -2.37. The number of hydrogen-bond donors (Lipinski definition) is 2. The zero-order valence-electron chi connectivity index (χ0n) is 15.8. The van der Waals surface area contributed by atoms with E-state index in [4.69, 9.17) is 4.74 Å². The van der Waals surface area contributed by atoms with Gasteiger partial charge in [0.1, 0.15) is 12.1 Å². The van der Waals surface area contributed by atoms with E-state index in [0.717, 1.165) is 16.8 Å². The monoisotopic (exact) mass is 334 g/mol. The fraction of sp³-hybridized carbons (Fsp3) is 0.579. The molecule has 0 saturated heterocycles. The van der Waals surface area contributed by atoms with E-state index in [-0.39, 0.29) is 24.3 Å². The molecule has 0 spiro atoms. The molecule has 1 rings (SSSR count). The zero-order chi connectivity index (χ0) is 18.5. The lowest BCUT2D eigenvalue weighted by atomic mass is 9.92. The Balaban J connectivity index is 2.81. The van der Waals surface area contributed by atoms with Crippen LogP contribution in [0, 0.1) is 0 Å². The number of amides is 2. The molecule has 5 nitrogen and oxygen atoms in total. The number of para-hydroxylation sites is 1. The largest absolute Gasteiger partial charge is 0.444 e. The Labute approximate surface area is 145 Å². The summed E-state index contributed by atoms with van der Waals surface area (Å²) >= 11 is 0. The van der Waals surface area contributed by atoms with Gasteiger partial charge in [0, 0.05) is 5.69 Å². The van der Waals surface area contributed by atoms with Crippen molar-refractivity contribution < 1.29 is 14.3 Å². The quantitative estimate of drug-likeness (QED) is 0.839. The molecule has 0 bridgehead atoms. The first-order valence-corrected chi connectivity index (χ1v) is 8.40. The van der Waals surface area contributed by atoms with Crippen molar-refractivity contribution in [3.63, 3.8) is 0 Å². The second-order valence-corrected chi connectivity index (χ2v) is 7.52. The normalized spacial score (nSPS) is 11.5. The van der Waals surface area contributed by atoms with Crippen LogP contribution in [0.15, 0.2) is 18.2 Å². The SMILES string of the molecule is CC(C)c1cccc(C(C)C)c1NC(=O)CNC(=O)OC(C)(C)C. The number of carbonyl (C=O) groups excluding carboxylic acids is 2. The van der Waals surface area contributed by atoms with Gasteiger partial charge in [-0.15, -0.1) is 0 Å². The Kier molecular flexibility index (Phi) is 6.81. The van der Waals surface area contributed by atoms with Crippen LogP contribution in [0.3, 0.4) is 0 Å². The third kappa shape index (κ3) is 6.22. The molecule has 24 heavy (non-hydrogen) atoms. The van der Waals surface area contributed by atoms with Gasteiger partial charge >= 0.3 is 6.09 Å². The first-order chi connectivity index (χ1) is 11.0. The van der Waals surface area contributed by atoms with Gasteiger partial charge in [0.15, 0.2) is 0 Å². The van der Waals surface area contributed by atoms with Crippen molar-refractivity contribution in [1.82, 2.24) is 5.32 Å². The number of benzene rings is 1. The highest BCUT2D eigenvalue weighted by Crippen LogP contribution is 2.32. The van der Waals surface area contributed by atoms with E-state index >= 15 is 0 Å². The number of carbonyl (C=O) groups is 2. The fourth-order valence-corrected chi connectivity index (χ4v) is 2.35. The Morgan fingerprint density at radius 3 is 1.96 bits per heavy atom. The van der Waals surface area contributed by atoms with E-state index < -0.39 is 11.7 Å². The third-order valence-corrected chi connectivity index (χ3v) is 3.43. The standard InChI is InChI=1S/C19H30N2O3/c1-12(2)14-9-8-10-15(13(3)4)17(14)21-16(22)11-20-18(23)24-19(5,6)7/h8-10,12-13H,11H2,1-7H3,(H,20,23)(H,21,22). The zero-order valence-corrected chi connectivity index (χ0v) is 15.8. The molecule has 0 unspecified atom stereocenters. The van der Waals surface area contributed by atoms with Crippen molar-refractivity contribution in [3.8, 4) is 0 Å². The summed E-state index contributed by atoms with van der Waals surface area (Å²) < 4.78 is 5.13. The number of hydrogen-bond acceptors (Lipinski definition) is 3. The Bertz CT molecular complexity index is 561. The highest BCUT2D eigenvalue weighted by molar-refractivity contribution is 5.95. The molecule has 0 aliphatic heterocycles. The number of rotatable bonds is 5. The summed E-state index contributed by atoms with van der Waals surface area (Å²) in [4.78, 5) is 23.9. The molecule has 5 heteroatoms. The van der Waals surface area contributed by atoms with E-state index in [1.54, 1.807) is 20.8 Å². The van der Waals surface area contributed by atoms with Crippen LogP contribution in [0.4, 0.5) is 10.5 Å². The molecule has 0 radical (unpaired) electrons. The molecule has 1 aromatic carbocycles. The second-order valence-electron chi connectivity index (χ2n) is 7.52. The minimum Gasteiger partial charge on any atom is -0.444 e. The van der Waals surface area contributed by atoms with E-state index in [1.165, 1.54) is 0 Å². The van der Waals surface area contributed by atoms with Gasteiger partial charge in [-0.25, -0.2) is 4.79 Å². The number of nitrogens with one attached hydrogen (secondary N) is 2. The lowest BCUT2D eigenvalue weighted by molar-refractivity contribution is -0.115. The van der Waals surface area contributed by atoms with E-state index in [2.05, 4.69) is 38.3 Å². The van der Waals surface area contributed by atoms with Crippen LogP contribution in [0.1, 0.15) is 71.4 Å². The molecule has 0 fully saturated rings. The smallest absolute Gasteiger partial charge is 0.408 e. The Hall–Kier alpha value is -2.04. The number of alkyl carbamates (subject to hydrolysis) is 1. The Morgan fingerprint density at radius 1 is 1.04 bits per heavy atom. The summed E-state index contributed by atoms with van der Waals surface area (Å²) in [7, 11) is 0. The predicted octanol–water partition coefficient (Wildman–Crippen LogP) is 4.40. The molecule has 2 amide bonds. The van der Waals surface area contributed by atoms with Crippen molar-refractivity contribution in [3.05, 3.63) is 29.3 Å². The Morgan fingerprint density at radius 2 is 1.54 bits per heavy atom. The molecule has 0 aliphatic rings. The van der Waals surface area contributed by atoms with Crippen molar-refractivity contribution in [1.29, 1.82) is 0 Å². The average Bonchev–Trinajstić information content (AvgIpc) is 2.43. The van der Waals surface area contributed by atoms with Gasteiger partial charge in [0.2, 0.25) is 5.91 Å². The average molecular weight is 334 g/mol. The molecular weight excluding hydrogens is 304 g/mol. The van der Waals surface area contributed by atoms with Crippen molar-refractivity contribution >= 4 is 17.7 Å². The summed E-state index contributed by atoms with van der Waals surface area (Å²) in [5.41, 5.74) is 2.44. The molecule has 1 aromatic rings. The van der Waals surface area contributed by atoms with Crippen LogP contribution < -0.4 is 10.6 Å². The van der Waals surface area contributed by atoms with Gasteiger partial charge in [-0.3, -0.25) is 4.79 Å². The van der Waals surface area contributed by atoms with Gasteiger partial charge in [-0.1, -0.05) is 45.9 Å². The summed E-state index contributed by atoms with van der Waals surface area (Å²) in [6.45, 7) is 13.6. The maximum atomic E-state index is 12.3. The number of anilines is 1. The summed E-state index contributed by atoms with van der Waals surface area (Å²) in [6.07, 6.45) is -0.598.